The van der Waals surface area contributed by atoms with E-state index >= 15 is 0 Å². The molecule has 1 aromatic rings. The van der Waals surface area contributed by atoms with Gasteiger partial charge in [-0.3, -0.25) is 0 Å². The zero-order chi connectivity index (χ0) is 9.97. The van der Waals surface area contributed by atoms with Gasteiger partial charge in [0.1, 0.15) is 5.76 Å². The molecule has 1 aromatic carbocycles. The van der Waals surface area contributed by atoms with E-state index in [1.807, 2.05) is 18.2 Å². The topological polar surface area (TPSA) is 20.2 Å². The highest BCUT2D eigenvalue weighted by atomic mass is 16.3. The number of rotatable bonds is 2. The van der Waals surface area contributed by atoms with E-state index in [-0.39, 0.29) is 5.76 Å². The van der Waals surface area contributed by atoms with Crippen molar-refractivity contribution < 1.29 is 5.11 Å². The molecule has 0 fully saturated rings. The van der Waals surface area contributed by atoms with E-state index in [1.165, 1.54) is 11.1 Å². The number of hydrogen-bond acceptors (Lipinski definition) is 1. The molecule has 72 valence electrons. The molecule has 1 N–H and O–H groups in total. The third kappa shape index (κ3) is 1.58. The average Bonchev–Trinajstić information content (AvgIpc) is 2.67. The molecule has 0 unspecified atom stereocenters. The van der Waals surface area contributed by atoms with Crippen LogP contribution in [0.3, 0.4) is 0 Å². The van der Waals surface area contributed by atoms with Crippen LogP contribution in [0.25, 0.3) is 5.57 Å². The zero-order valence-electron chi connectivity index (χ0n) is 8.16. The molecular weight excluding hydrogens is 172 g/mol. The van der Waals surface area contributed by atoms with Gasteiger partial charge in [-0.1, -0.05) is 36.9 Å². The van der Waals surface area contributed by atoms with Crippen molar-refractivity contribution in [2.45, 2.75) is 19.3 Å². The fraction of sp³-hybridized carbons (Fsp3) is 0.231. The van der Waals surface area contributed by atoms with Crippen LogP contribution < -0.4 is 0 Å². The molecule has 2 rings (SSSR count). The van der Waals surface area contributed by atoms with Crippen LogP contribution in [-0.2, 0) is 0 Å². The molecular formula is C13H14O. The van der Waals surface area contributed by atoms with Gasteiger partial charge in [0, 0.05) is 0 Å². The molecule has 0 heterocycles. The van der Waals surface area contributed by atoms with Gasteiger partial charge in [0.15, 0.2) is 0 Å². The molecule has 0 radical (unpaired) electrons. The Labute approximate surface area is 84.4 Å². The normalized spacial score (nSPS) is 16.0. The van der Waals surface area contributed by atoms with Gasteiger partial charge in [0.25, 0.3) is 0 Å². The van der Waals surface area contributed by atoms with Crippen molar-refractivity contribution in [1.82, 2.24) is 0 Å². The second-order valence-corrected chi connectivity index (χ2v) is 3.62. The van der Waals surface area contributed by atoms with Gasteiger partial charge in [0.05, 0.1) is 0 Å². The summed E-state index contributed by atoms with van der Waals surface area (Å²) in [5, 5.41) is 9.43. The van der Waals surface area contributed by atoms with Crippen LogP contribution >= 0.6 is 0 Å². The first-order chi connectivity index (χ1) is 6.79. The van der Waals surface area contributed by atoms with Gasteiger partial charge >= 0.3 is 0 Å². The first-order valence-corrected chi connectivity index (χ1v) is 4.94. The van der Waals surface area contributed by atoms with Crippen molar-refractivity contribution in [1.29, 1.82) is 0 Å². The fourth-order valence-corrected chi connectivity index (χ4v) is 2.02. The largest absolute Gasteiger partial charge is 0.508 e. The van der Waals surface area contributed by atoms with Gasteiger partial charge in [-0.15, -0.1) is 0 Å². The minimum Gasteiger partial charge on any atom is -0.508 e. The lowest BCUT2D eigenvalue weighted by atomic mass is 10.0. The Morgan fingerprint density at radius 2 is 1.86 bits per heavy atom. The molecule has 0 bridgehead atoms. The minimum absolute atomic E-state index is 0.237. The smallest absolute Gasteiger partial charge is 0.111 e. The standard InChI is InChI=1S/C13H14O/c1-10(14)12-8-5-9-13(12)11-6-3-2-4-7-11/h2-4,6-7,14H,1,5,8-9H2. The molecule has 0 saturated heterocycles. The van der Waals surface area contributed by atoms with Crippen LogP contribution in [0.2, 0.25) is 0 Å². The number of allylic oxidation sites excluding steroid dienone is 2. The van der Waals surface area contributed by atoms with Gasteiger partial charge in [-0.2, -0.15) is 0 Å². The Balaban J connectivity index is 2.43. The molecule has 0 amide bonds. The first-order valence-electron chi connectivity index (χ1n) is 4.94. The summed E-state index contributed by atoms with van der Waals surface area (Å²) in [6, 6.07) is 10.2. The number of benzene rings is 1. The maximum Gasteiger partial charge on any atom is 0.111 e. The minimum atomic E-state index is 0.237. The Bertz CT molecular complexity index is 373. The van der Waals surface area contributed by atoms with Crippen molar-refractivity contribution in [3.05, 3.63) is 53.8 Å². The maximum atomic E-state index is 9.43. The number of aliphatic hydroxyl groups excluding tert-OH is 1. The monoisotopic (exact) mass is 186 g/mol. The summed E-state index contributed by atoms with van der Waals surface area (Å²) in [6.07, 6.45) is 3.14. The molecule has 0 aliphatic heterocycles. The van der Waals surface area contributed by atoms with Crippen molar-refractivity contribution in [3.8, 4) is 0 Å². The van der Waals surface area contributed by atoms with Crippen LogP contribution in [0.5, 0.6) is 0 Å². The molecule has 0 saturated carbocycles. The average molecular weight is 186 g/mol. The van der Waals surface area contributed by atoms with Crippen molar-refractivity contribution in [2.75, 3.05) is 0 Å². The van der Waals surface area contributed by atoms with E-state index in [4.69, 9.17) is 0 Å². The summed E-state index contributed by atoms with van der Waals surface area (Å²) in [5.41, 5.74) is 3.52. The van der Waals surface area contributed by atoms with Gasteiger partial charge in [-0.25, -0.2) is 0 Å². The highest BCUT2D eigenvalue weighted by Gasteiger charge is 2.17. The van der Waals surface area contributed by atoms with Crippen molar-refractivity contribution in [3.63, 3.8) is 0 Å². The predicted molar refractivity (Wildman–Crippen MR) is 59.0 cm³/mol. The summed E-state index contributed by atoms with van der Waals surface area (Å²) >= 11 is 0. The highest BCUT2D eigenvalue weighted by molar-refractivity contribution is 5.73. The van der Waals surface area contributed by atoms with Gasteiger partial charge in [0.2, 0.25) is 0 Å². The molecule has 0 atom stereocenters. The summed E-state index contributed by atoms with van der Waals surface area (Å²) in [7, 11) is 0. The second kappa shape index (κ2) is 3.70. The quantitative estimate of drug-likeness (QED) is 0.698. The fourth-order valence-electron chi connectivity index (χ4n) is 2.02. The molecule has 14 heavy (non-hydrogen) atoms. The van der Waals surface area contributed by atoms with E-state index in [9.17, 15) is 5.11 Å². The summed E-state index contributed by atoms with van der Waals surface area (Å²) in [4.78, 5) is 0. The van der Waals surface area contributed by atoms with Crippen LogP contribution in [-0.4, -0.2) is 5.11 Å². The maximum absolute atomic E-state index is 9.43. The van der Waals surface area contributed by atoms with Crippen LogP contribution in [0.4, 0.5) is 0 Å². The molecule has 1 heteroatoms. The second-order valence-electron chi connectivity index (χ2n) is 3.62. The summed E-state index contributed by atoms with van der Waals surface area (Å²) in [5.74, 6) is 0.237. The van der Waals surface area contributed by atoms with Crippen LogP contribution in [0.1, 0.15) is 24.8 Å². The third-order valence-corrected chi connectivity index (χ3v) is 2.69. The molecule has 1 nitrogen and oxygen atoms in total. The Kier molecular flexibility index (Phi) is 2.40. The Hall–Kier alpha value is -1.50. The molecule has 0 spiro atoms. The van der Waals surface area contributed by atoms with Crippen molar-refractivity contribution >= 4 is 5.57 Å². The lowest BCUT2D eigenvalue weighted by Crippen LogP contribution is -1.87. The Morgan fingerprint density at radius 1 is 1.14 bits per heavy atom. The number of aliphatic hydroxyl groups is 1. The van der Waals surface area contributed by atoms with Crippen molar-refractivity contribution in [2.24, 2.45) is 0 Å². The highest BCUT2D eigenvalue weighted by Crippen LogP contribution is 2.36. The van der Waals surface area contributed by atoms with Crippen LogP contribution in [0, 0.1) is 0 Å². The zero-order valence-corrected chi connectivity index (χ0v) is 8.16. The molecule has 1 aliphatic rings. The lowest BCUT2D eigenvalue weighted by molar-refractivity contribution is 0.423. The van der Waals surface area contributed by atoms with Crippen LogP contribution in [0.15, 0.2) is 48.2 Å². The summed E-state index contributed by atoms with van der Waals surface area (Å²) < 4.78 is 0. The number of hydrogen-bond donors (Lipinski definition) is 1. The first kappa shape index (κ1) is 9.07. The molecule has 0 aromatic heterocycles. The van der Waals surface area contributed by atoms with E-state index < -0.39 is 0 Å². The summed E-state index contributed by atoms with van der Waals surface area (Å²) in [6.45, 7) is 3.61. The van der Waals surface area contributed by atoms with Gasteiger partial charge in [-0.05, 0) is 36.0 Å². The Morgan fingerprint density at radius 3 is 2.50 bits per heavy atom. The third-order valence-electron chi connectivity index (χ3n) is 2.69. The van der Waals surface area contributed by atoms with E-state index in [2.05, 4.69) is 18.7 Å². The SMILES string of the molecule is C=C(O)C1=C(c2ccccc2)CCC1. The van der Waals surface area contributed by atoms with Gasteiger partial charge < -0.3 is 5.11 Å². The van der Waals surface area contributed by atoms with E-state index in [0.717, 1.165) is 24.8 Å². The van der Waals surface area contributed by atoms with E-state index in [0.29, 0.717) is 0 Å². The van der Waals surface area contributed by atoms with E-state index in [1.54, 1.807) is 0 Å². The molecule has 1 aliphatic carbocycles. The lowest BCUT2D eigenvalue weighted by Gasteiger charge is -2.05. The predicted octanol–water partition coefficient (Wildman–Crippen LogP) is 3.70.